The topological polar surface area (TPSA) is 41.5 Å². The first-order chi connectivity index (χ1) is 9.84. The number of phenolic OH excluding ortho intramolecular Hbond substituents is 1. The summed E-state index contributed by atoms with van der Waals surface area (Å²) >= 11 is 0. The lowest BCUT2D eigenvalue weighted by Crippen LogP contribution is -2.28. The normalized spacial score (nSPS) is 19.3. The van der Waals surface area contributed by atoms with Crippen molar-refractivity contribution in [3.8, 4) is 5.75 Å². The second-order valence-corrected chi connectivity index (χ2v) is 5.50. The monoisotopic (exact) mass is 271 g/mol. The molecule has 2 aromatic carbocycles. The molecule has 1 aliphatic rings. The van der Waals surface area contributed by atoms with Crippen LogP contribution in [0, 0.1) is 5.92 Å². The van der Waals surface area contributed by atoms with Crippen LogP contribution in [0.2, 0.25) is 0 Å². The minimum Gasteiger partial charge on any atom is -0.508 e. The Bertz CT molecular complexity index is 576. The van der Waals surface area contributed by atoms with Crippen LogP contribution in [0.5, 0.6) is 5.75 Å². The highest BCUT2D eigenvalue weighted by molar-refractivity contribution is 5.87. The SMILES string of the molecule is Oc1ccc2ccccc2c1CNCC1CCCOC1. The summed E-state index contributed by atoms with van der Waals surface area (Å²) < 4.78 is 5.49. The fourth-order valence-electron chi connectivity index (χ4n) is 2.88. The van der Waals surface area contributed by atoms with Crippen LogP contribution in [-0.2, 0) is 11.3 Å². The summed E-state index contributed by atoms with van der Waals surface area (Å²) in [4.78, 5) is 0. The highest BCUT2D eigenvalue weighted by atomic mass is 16.5. The Morgan fingerprint density at radius 3 is 2.95 bits per heavy atom. The Morgan fingerprint density at radius 2 is 2.10 bits per heavy atom. The molecule has 2 N–H and O–H groups in total. The number of hydrogen-bond donors (Lipinski definition) is 2. The maximum Gasteiger partial charge on any atom is 0.120 e. The molecule has 0 aliphatic carbocycles. The molecule has 1 heterocycles. The predicted molar refractivity (Wildman–Crippen MR) is 80.9 cm³/mol. The van der Waals surface area contributed by atoms with Gasteiger partial charge in [0, 0.05) is 25.3 Å². The summed E-state index contributed by atoms with van der Waals surface area (Å²) in [6, 6.07) is 11.9. The van der Waals surface area contributed by atoms with Crippen molar-refractivity contribution in [2.24, 2.45) is 5.92 Å². The molecule has 1 saturated heterocycles. The maximum absolute atomic E-state index is 10.1. The van der Waals surface area contributed by atoms with Gasteiger partial charge in [-0.15, -0.1) is 0 Å². The average molecular weight is 271 g/mol. The van der Waals surface area contributed by atoms with Gasteiger partial charge in [0.15, 0.2) is 0 Å². The van der Waals surface area contributed by atoms with Crippen LogP contribution in [0.15, 0.2) is 36.4 Å². The minimum absolute atomic E-state index is 0.371. The van der Waals surface area contributed by atoms with E-state index in [-0.39, 0.29) is 0 Å². The lowest BCUT2D eigenvalue weighted by atomic mass is 10.0. The first-order valence-electron chi connectivity index (χ1n) is 7.32. The van der Waals surface area contributed by atoms with Gasteiger partial charge in [0.2, 0.25) is 0 Å². The molecule has 1 fully saturated rings. The quantitative estimate of drug-likeness (QED) is 0.898. The van der Waals surface area contributed by atoms with Crippen LogP contribution < -0.4 is 5.32 Å². The van der Waals surface area contributed by atoms with E-state index < -0.39 is 0 Å². The Balaban J connectivity index is 1.68. The Hall–Kier alpha value is -1.58. The van der Waals surface area contributed by atoms with Crippen LogP contribution in [0.3, 0.4) is 0 Å². The third kappa shape index (κ3) is 2.94. The summed E-state index contributed by atoms with van der Waals surface area (Å²) in [6.45, 7) is 3.40. The van der Waals surface area contributed by atoms with Gasteiger partial charge in [-0.3, -0.25) is 0 Å². The number of hydrogen-bond acceptors (Lipinski definition) is 3. The van der Waals surface area contributed by atoms with E-state index in [9.17, 15) is 5.11 Å². The molecule has 0 radical (unpaired) electrons. The molecule has 1 aliphatic heterocycles. The summed E-state index contributed by atoms with van der Waals surface area (Å²) in [5, 5.41) is 15.8. The zero-order valence-electron chi connectivity index (χ0n) is 11.6. The average Bonchev–Trinajstić information content (AvgIpc) is 2.50. The number of nitrogens with one attached hydrogen (secondary N) is 1. The molecule has 0 spiro atoms. The number of rotatable bonds is 4. The Kier molecular flexibility index (Phi) is 4.19. The molecule has 1 unspecified atom stereocenters. The predicted octanol–water partition coefficient (Wildman–Crippen LogP) is 3.06. The number of fused-ring (bicyclic) bond motifs is 1. The fraction of sp³-hybridized carbons (Fsp3) is 0.412. The van der Waals surface area contributed by atoms with Crippen LogP contribution in [-0.4, -0.2) is 24.9 Å². The second-order valence-electron chi connectivity index (χ2n) is 5.50. The van der Waals surface area contributed by atoms with Gasteiger partial charge in [0.05, 0.1) is 6.61 Å². The third-order valence-electron chi connectivity index (χ3n) is 4.01. The Labute approximate surface area is 119 Å². The lowest BCUT2D eigenvalue weighted by Gasteiger charge is -2.22. The first-order valence-corrected chi connectivity index (χ1v) is 7.32. The molecule has 3 heteroatoms. The van der Waals surface area contributed by atoms with Crippen molar-refractivity contribution in [2.45, 2.75) is 19.4 Å². The van der Waals surface area contributed by atoms with Crippen molar-refractivity contribution in [1.29, 1.82) is 0 Å². The molecule has 0 saturated carbocycles. The van der Waals surface area contributed by atoms with E-state index in [0.717, 1.165) is 37.1 Å². The summed E-state index contributed by atoms with van der Waals surface area (Å²) in [5.41, 5.74) is 0.986. The highest BCUT2D eigenvalue weighted by Gasteiger charge is 2.14. The van der Waals surface area contributed by atoms with E-state index in [2.05, 4.69) is 17.4 Å². The smallest absolute Gasteiger partial charge is 0.120 e. The highest BCUT2D eigenvalue weighted by Crippen LogP contribution is 2.27. The van der Waals surface area contributed by atoms with Crippen LogP contribution >= 0.6 is 0 Å². The molecule has 0 amide bonds. The summed E-state index contributed by atoms with van der Waals surface area (Å²) in [7, 11) is 0. The van der Waals surface area contributed by atoms with Crippen molar-refractivity contribution in [2.75, 3.05) is 19.8 Å². The molecule has 1 atom stereocenters. The molecule has 3 nitrogen and oxygen atoms in total. The molecule has 3 rings (SSSR count). The van der Waals surface area contributed by atoms with Crippen molar-refractivity contribution >= 4 is 10.8 Å². The summed E-state index contributed by atoms with van der Waals surface area (Å²) in [6.07, 6.45) is 2.39. The van der Waals surface area contributed by atoms with Crippen molar-refractivity contribution in [1.82, 2.24) is 5.32 Å². The largest absolute Gasteiger partial charge is 0.508 e. The number of benzene rings is 2. The molecular weight excluding hydrogens is 250 g/mol. The van der Waals surface area contributed by atoms with Gasteiger partial charge in [0.25, 0.3) is 0 Å². The van der Waals surface area contributed by atoms with Gasteiger partial charge >= 0.3 is 0 Å². The fourth-order valence-corrected chi connectivity index (χ4v) is 2.88. The molecule has 0 aromatic heterocycles. The van der Waals surface area contributed by atoms with E-state index in [1.807, 2.05) is 18.2 Å². The zero-order chi connectivity index (χ0) is 13.8. The van der Waals surface area contributed by atoms with Gasteiger partial charge < -0.3 is 15.2 Å². The molecule has 2 aromatic rings. The van der Waals surface area contributed by atoms with Crippen LogP contribution in [0.1, 0.15) is 18.4 Å². The second kappa shape index (κ2) is 6.25. The van der Waals surface area contributed by atoms with E-state index in [0.29, 0.717) is 18.2 Å². The van der Waals surface area contributed by atoms with Gasteiger partial charge in [-0.1, -0.05) is 30.3 Å². The first kappa shape index (κ1) is 13.4. The van der Waals surface area contributed by atoms with Gasteiger partial charge in [-0.2, -0.15) is 0 Å². The molecule has 106 valence electrons. The van der Waals surface area contributed by atoms with E-state index >= 15 is 0 Å². The summed E-state index contributed by atoms with van der Waals surface area (Å²) in [5.74, 6) is 0.969. The van der Waals surface area contributed by atoms with Crippen LogP contribution in [0.25, 0.3) is 10.8 Å². The number of phenols is 1. The number of ether oxygens (including phenoxy) is 1. The Morgan fingerprint density at radius 1 is 1.20 bits per heavy atom. The van der Waals surface area contributed by atoms with E-state index in [4.69, 9.17) is 4.74 Å². The number of aromatic hydroxyl groups is 1. The van der Waals surface area contributed by atoms with Crippen molar-refractivity contribution in [3.05, 3.63) is 42.0 Å². The van der Waals surface area contributed by atoms with Gasteiger partial charge in [0.1, 0.15) is 5.75 Å². The third-order valence-corrected chi connectivity index (χ3v) is 4.01. The van der Waals surface area contributed by atoms with Crippen LogP contribution in [0.4, 0.5) is 0 Å². The lowest BCUT2D eigenvalue weighted by molar-refractivity contribution is 0.0547. The standard InChI is InChI=1S/C17H21NO2/c19-17-8-7-14-5-1-2-6-15(14)16(17)11-18-10-13-4-3-9-20-12-13/h1-2,5-8,13,18-19H,3-4,9-12H2. The van der Waals surface area contributed by atoms with E-state index in [1.54, 1.807) is 6.07 Å². The zero-order valence-corrected chi connectivity index (χ0v) is 11.6. The van der Waals surface area contributed by atoms with E-state index in [1.165, 1.54) is 11.8 Å². The minimum atomic E-state index is 0.371. The van der Waals surface area contributed by atoms with Gasteiger partial charge in [-0.05, 0) is 35.6 Å². The molecule has 20 heavy (non-hydrogen) atoms. The van der Waals surface area contributed by atoms with Crippen molar-refractivity contribution < 1.29 is 9.84 Å². The van der Waals surface area contributed by atoms with Gasteiger partial charge in [-0.25, -0.2) is 0 Å². The molecule has 0 bridgehead atoms. The van der Waals surface area contributed by atoms with Crippen molar-refractivity contribution in [3.63, 3.8) is 0 Å². The molecular formula is C17H21NO2. The maximum atomic E-state index is 10.1.